The fourth-order valence-corrected chi connectivity index (χ4v) is 3.37. The summed E-state index contributed by atoms with van der Waals surface area (Å²) in [6.45, 7) is 14.5. The van der Waals surface area contributed by atoms with Gasteiger partial charge in [-0.3, -0.25) is 0 Å². The Kier molecular flexibility index (Phi) is 4.49. The van der Waals surface area contributed by atoms with Gasteiger partial charge in [0, 0.05) is 0 Å². The van der Waals surface area contributed by atoms with Gasteiger partial charge >= 0.3 is 0 Å². The Balaban J connectivity index is 2.47. The van der Waals surface area contributed by atoms with Gasteiger partial charge in [0.05, 0.1) is 0 Å². The van der Waals surface area contributed by atoms with Gasteiger partial charge in [0.25, 0.3) is 0 Å². The van der Waals surface area contributed by atoms with Crippen molar-refractivity contribution in [1.82, 2.24) is 0 Å². The van der Waals surface area contributed by atoms with Crippen LogP contribution in [0.1, 0.15) is 80.1 Å². The molecule has 0 heteroatoms. The third kappa shape index (κ3) is 3.79. The lowest BCUT2D eigenvalue weighted by atomic mass is 9.62. The number of rotatable bonds is 3. The molecule has 1 saturated carbocycles. The van der Waals surface area contributed by atoms with E-state index in [0.717, 1.165) is 11.8 Å². The quantitative estimate of drug-likeness (QED) is 0.580. The molecule has 1 aliphatic carbocycles. The Hall–Kier alpha value is 0. The fourth-order valence-electron chi connectivity index (χ4n) is 3.37. The highest BCUT2D eigenvalue weighted by atomic mass is 14.4. The van der Waals surface area contributed by atoms with E-state index in [1.54, 1.807) is 0 Å². The van der Waals surface area contributed by atoms with E-state index in [9.17, 15) is 0 Å². The molecule has 0 aromatic rings. The van der Waals surface area contributed by atoms with Gasteiger partial charge in [-0.2, -0.15) is 0 Å². The average molecular weight is 224 g/mol. The SMILES string of the molecule is CCC(C)CC1(C)CCC(C(C)(C)C)CC1. The van der Waals surface area contributed by atoms with Gasteiger partial charge in [-0.05, 0) is 54.8 Å². The van der Waals surface area contributed by atoms with Gasteiger partial charge in [0.15, 0.2) is 0 Å². The molecule has 0 aromatic heterocycles. The minimum atomic E-state index is 0.525. The molecule has 1 aliphatic rings. The molecular weight excluding hydrogens is 192 g/mol. The van der Waals surface area contributed by atoms with Gasteiger partial charge in [-0.15, -0.1) is 0 Å². The molecule has 0 radical (unpaired) electrons. The zero-order valence-electron chi connectivity index (χ0n) is 12.4. The predicted molar refractivity (Wildman–Crippen MR) is 73.6 cm³/mol. The molecule has 0 aromatic carbocycles. The molecule has 1 atom stereocenters. The molecule has 0 bridgehead atoms. The van der Waals surface area contributed by atoms with Crippen molar-refractivity contribution in [1.29, 1.82) is 0 Å². The standard InChI is InChI=1S/C16H32/c1-7-13(2)12-16(6)10-8-14(9-11-16)15(3,4)5/h13-14H,7-12H2,1-6H3. The molecule has 0 spiro atoms. The molecule has 0 heterocycles. The van der Waals surface area contributed by atoms with Gasteiger partial charge in [-0.1, -0.05) is 48.0 Å². The van der Waals surface area contributed by atoms with E-state index in [1.165, 1.54) is 38.5 Å². The predicted octanol–water partition coefficient (Wildman–Crippen LogP) is 5.67. The van der Waals surface area contributed by atoms with Crippen molar-refractivity contribution in [2.24, 2.45) is 22.7 Å². The van der Waals surface area contributed by atoms with Crippen LogP contribution < -0.4 is 0 Å². The second-order valence-corrected chi connectivity index (χ2v) is 7.67. The minimum absolute atomic E-state index is 0.525. The second kappa shape index (κ2) is 5.10. The van der Waals surface area contributed by atoms with E-state index >= 15 is 0 Å². The van der Waals surface area contributed by atoms with Gasteiger partial charge in [-0.25, -0.2) is 0 Å². The Bertz CT molecular complexity index is 201. The summed E-state index contributed by atoms with van der Waals surface area (Å²) in [4.78, 5) is 0. The normalized spacial score (nSPS) is 33.8. The summed E-state index contributed by atoms with van der Waals surface area (Å²) in [6, 6.07) is 0. The van der Waals surface area contributed by atoms with Crippen molar-refractivity contribution < 1.29 is 0 Å². The molecule has 0 aliphatic heterocycles. The lowest BCUT2D eigenvalue weighted by Gasteiger charge is -2.43. The summed E-state index contributed by atoms with van der Waals surface area (Å²) < 4.78 is 0. The molecule has 0 amide bonds. The summed E-state index contributed by atoms with van der Waals surface area (Å²) in [5.41, 5.74) is 1.18. The van der Waals surface area contributed by atoms with Crippen LogP contribution in [0, 0.1) is 22.7 Å². The van der Waals surface area contributed by atoms with Crippen LogP contribution in [0.4, 0.5) is 0 Å². The van der Waals surface area contributed by atoms with Crippen molar-refractivity contribution in [2.75, 3.05) is 0 Å². The van der Waals surface area contributed by atoms with Crippen LogP contribution in [0.25, 0.3) is 0 Å². The first-order valence-electron chi connectivity index (χ1n) is 7.27. The molecule has 96 valence electrons. The van der Waals surface area contributed by atoms with Crippen LogP contribution in [0.3, 0.4) is 0 Å². The van der Waals surface area contributed by atoms with Crippen LogP contribution in [-0.4, -0.2) is 0 Å². The van der Waals surface area contributed by atoms with E-state index in [2.05, 4.69) is 41.5 Å². The maximum Gasteiger partial charge on any atom is -0.0323 e. The smallest absolute Gasteiger partial charge is 0.0323 e. The van der Waals surface area contributed by atoms with Gasteiger partial charge in [0.2, 0.25) is 0 Å². The zero-order chi connectivity index (χ0) is 12.4. The first-order valence-corrected chi connectivity index (χ1v) is 7.27. The topological polar surface area (TPSA) is 0 Å². The minimum Gasteiger partial charge on any atom is -0.0651 e. The maximum atomic E-state index is 2.53. The van der Waals surface area contributed by atoms with E-state index in [1.807, 2.05) is 0 Å². The van der Waals surface area contributed by atoms with Crippen molar-refractivity contribution in [3.05, 3.63) is 0 Å². The zero-order valence-corrected chi connectivity index (χ0v) is 12.4. The van der Waals surface area contributed by atoms with Crippen LogP contribution in [0.15, 0.2) is 0 Å². The van der Waals surface area contributed by atoms with Gasteiger partial charge in [0.1, 0.15) is 0 Å². The Labute approximate surface area is 103 Å². The third-order valence-electron chi connectivity index (χ3n) is 4.96. The summed E-state index contributed by atoms with van der Waals surface area (Å²) in [6.07, 6.45) is 8.62. The highest BCUT2D eigenvalue weighted by Crippen LogP contribution is 2.48. The summed E-state index contributed by atoms with van der Waals surface area (Å²) in [5.74, 6) is 1.87. The molecule has 0 saturated heterocycles. The van der Waals surface area contributed by atoms with Crippen LogP contribution in [0.2, 0.25) is 0 Å². The third-order valence-corrected chi connectivity index (χ3v) is 4.96. The van der Waals surface area contributed by atoms with Crippen LogP contribution >= 0.6 is 0 Å². The Morgan fingerprint density at radius 2 is 1.69 bits per heavy atom. The number of hydrogen-bond acceptors (Lipinski definition) is 0. The van der Waals surface area contributed by atoms with Crippen molar-refractivity contribution in [3.8, 4) is 0 Å². The van der Waals surface area contributed by atoms with E-state index < -0.39 is 0 Å². The van der Waals surface area contributed by atoms with Crippen LogP contribution in [0.5, 0.6) is 0 Å². The highest BCUT2D eigenvalue weighted by molar-refractivity contribution is 4.87. The van der Waals surface area contributed by atoms with Crippen molar-refractivity contribution >= 4 is 0 Å². The lowest BCUT2D eigenvalue weighted by molar-refractivity contribution is 0.0819. The molecular formula is C16H32. The summed E-state index contributed by atoms with van der Waals surface area (Å²) >= 11 is 0. The molecule has 0 nitrogen and oxygen atoms in total. The second-order valence-electron chi connectivity index (χ2n) is 7.67. The Morgan fingerprint density at radius 1 is 1.19 bits per heavy atom. The van der Waals surface area contributed by atoms with Crippen molar-refractivity contribution in [2.45, 2.75) is 80.1 Å². The maximum absolute atomic E-state index is 2.53. The molecule has 16 heavy (non-hydrogen) atoms. The monoisotopic (exact) mass is 224 g/mol. The summed E-state index contributed by atoms with van der Waals surface area (Å²) in [5, 5.41) is 0. The first-order chi connectivity index (χ1) is 7.27. The van der Waals surface area contributed by atoms with E-state index in [0.29, 0.717) is 10.8 Å². The first kappa shape index (κ1) is 14.1. The molecule has 1 unspecified atom stereocenters. The van der Waals surface area contributed by atoms with Crippen molar-refractivity contribution in [3.63, 3.8) is 0 Å². The average Bonchev–Trinajstić information content (AvgIpc) is 2.16. The Morgan fingerprint density at radius 3 is 2.06 bits per heavy atom. The highest BCUT2D eigenvalue weighted by Gasteiger charge is 2.36. The van der Waals surface area contributed by atoms with Crippen LogP contribution in [-0.2, 0) is 0 Å². The lowest BCUT2D eigenvalue weighted by Crippen LogP contribution is -2.31. The van der Waals surface area contributed by atoms with E-state index in [4.69, 9.17) is 0 Å². The van der Waals surface area contributed by atoms with Gasteiger partial charge < -0.3 is 0 Å². The molecule has 1 fully saturated rings. The fraction of sp³-hybridized carbons (Fsp3) is 1.00. The number of hydrogen-bond donors (Lipinski definition) is 0. The molecule has 1 rings (SSSR count). The largest absolute Gasteiger partial charge is 0.0651 e. The summed E-state index contributed by atoms with van der Waals surface area (Å²) in [7, 11) is 0. The molecule has 0 N–H and O–H groups in total. The van der Waals surface area contributed by atoms with E-state index in [-0.39, 0.29) is 0 Å².